The molecule has 0 saturated carbocycles. The summed E-state index contributed by atoms with van der Waals surface area (Å²) in [5.74, 6) is -0.811. The molecule has 0 aromatic carbocycles. The number of aliphatic carboxylic acids is 1. The minimum absolute atomic E-state index is 0.0319. The van der Waals surface area contributed by atoms with Crippen LogP contribution in [0.3, 0.4) is 0 Å². The van der Waals surface area contributed by atoms with Gasteiger partial charge in [0.05, 0.1) is 17.6 Å². The summed E-state index contributed by atoms with van der Waals surface area (Å²) in [4.78, 5) is 18.3. The molecule has 5 heteroatoms. The van der Waals surface area contributed by atoms with Crippen LogP contribution in [0.5, 0.6) is 0 Å². The molecule has 0 fully saturated rings. The number of unbranched alkanes of at least 4 members (excludes halogenated alkanes) is 1. The van der Waals surface area contributed by atoms with Gasteiger partial charge in [0.15, 0.2) is 0 Å². The maximum Gasteiger partial charge on any atom is 0.309 e. The predicted molar refractivity (Wildman–Crippen MR) is 69.3 cm³/mol. The van der Waals surface area contributed by atoms with Crippen LogP contribution in [-0.2, 0) is 17.8 Å². The van der Waals surface area contributed by atoms with Crippen LogP contribution in [0.15, 0.2) is 5.51 Å². The van der Waals surface area contributed by atoms with Crippen molar-refractivity contribution in [2.75, 3.05) is 13.1 Å². The molecule has 0 amide bonds. The third-order valence-corrected chi connectivity index (χ3v) is 3.55. The van der Waals surface area contributed by atoms with Gasteiger partial charge in [0.25, 0.3) is 0 Å². The number of carbonyl (C=O) groups is 1. The molecule has 1 heterocycles. The van der Waals surface area contributed by atoms with Gasteiger partial charge in [-0.2, -0.15) is 0 Å². The number of aromatic nitrogens is 1. The second-order valence-corrected chi connectivity index (χ2v) is 4.95. The van der Waals surface area contributed by atoms with Crippen LogP contribution in [0.25, 0.3) is 0 Å². The number of hydrogen-bond acceptors (Lipinski definition) is 4. The van der Waals surface area contributed by atoms with Crippen molar-refractivity contribution < 1.29 is 9.90 Å². The van der Waals surface area contributed by atoms with Crippen molar-refractivity contribution in [1.82, 2.24) is 9.88 Å². The molecule has 0 bridgehead atoms. The van der Waals surface area contributed by atoms with Crippen LogP contribution in [0, 0.1) is 0 Å². The van der Waals surface area contributed by atoms with Crippen LogP contribution < -0.4 is 0 Å². The lowest BCUT2D eigenvalue weighted by atomic mass is 10.2. The number of hydrogen-bond donors (Lipinski definition) is 1. The molecule has 0 radical (unpaired) electrons. The summed E-state index contributed by atoms with van der Waals surface area (Å²) < 4.78 is 0. The normalized spacial score (nSPS) is 11.0. The Morgan fingerprint density at radius 1 is 1.53 bits per heavy atom. The van der Waals surface area contributed by atoms with Gasteiger partial charge in [0.1, 0.15) is 0 Å². The van der Waals surface area contributed by atoms with Gasteiger partial charge in [-0.25, -0.2) is 4.98 Å². The molecule has 0 saturated heterocycles. The van der Waals surface area contributed by atoms with Crippen LogP contribution in [0.1, 0.15) is 37.3 Å². The van der Waals surface area contributed by atoms with Gasteiger partial charge in [-0.1, -0.05) is 20.3 Å². The summed E-state index contributed by atoms with van der Waals surface area (Å²) in [5.41, 5.74) is 2.46. The summed E-state index contributed by atoms with van der Waals surface area (Å²) in [7, 11) is 0. The van der Waals surface area contributed by atoms with E-state index in [-0.39, 0.29) is 6.42 Å². The fourth-order valence-corrected chi connectivity index (χ4v) is 2.47. The summed E-state index contributed by atoms with van der Waals surface area (Å²) >= 11 is 1.55. The Balaban J connectivity index is 2.59. The Morgan fingerprint density at radius 2 is 2.29 bits per heavy atom. The van der Waals surface area contributed by atoms with E-state index in [0.29, 0.717) is 0 Å². The van der Waals surface area contributed by atoms with E-state index in [1.54, 1.807) is 16.8 Å². The highest BCUT2D eigenvalue weighted by Crippen LogP contribution is 2.17. The van der Waals surface area contributed by atoms with Crippen molar-refractivity contribution in [1.29, 1.82) is 0 Å². The Labute approximate surface area is 106 Å². The zero-order valence-electron chi connectivity index (χ0n) is 10.5. The molecule has 0 aliphatic carbocycles. The fraction of sp³-hybridized carbons (Fsp3) is 0.667. The monoisotopic (exact) mass is 256 g/mol. The van der Waals surface area contributed by atoms with Gasteiger partial charge >= 0.3 is 5.97 Å². The number of rotatable bonds is 8. The first-order valence-corrected chi connectivity index (χ1v) is 6.90. The SMILES string of the molecule is CCCCN(CC)Cc1scnc1CC(=O)O. The van der Waals surface area contributed by atoms with E-state index < -0.39 is 5.97 Å². The Kier molecular flexibility index (Phi) is 6.15. The van der Waals surface area contributed by atoms with Crippen molar-refractivity contribution in [2.24, 2.45) is 0 Å². The maximum atomic E-state index is 10.7. The molecular formula is C12H20N2O2S. The number of thiazole rings is 1. The first kappa shape index (κ1) is 14.1. The summed E-state index contributed by atoms with van der Waals surface area (Å²) in [6.07, 6.45) is 2.40. The van der Waals surface area contributed by atoms with E-state index in [1.165, 1.54) is 12.8 Å². The van der Waals surface area contributed by atoms with Crippen molar-refractivity contribution in [3.63, 3.8) is 0 Å². The maximum absolute atomic E-state index is 10.7. The molecule has 0 aliphatic rings. The minimum atomic E-state index is -0.811. The number of carboxylic acids is 1. The van der Waals surface area contributed by atoms with Gasteiger partial charge in [0.2, 0.25) is 0 Å². The lowest BCUT2D eigenvalue weighted by molar-refractivity contribution is -0.136. The average molecular weight is 256 g/mol. The van der Waals surface area contributed by atoms with Crippen LogP contribution >= 0.6 is 11.3 Å². The highest BCUT2D eigenvalue weighted by Gasteiger charge is 2.12. The lowest BCUT2D eigenvalue weighted by Gasteiger charge is -2.19. The minimum Gasteiger partial charge on any atom is -0.481 e. The van der Waals surface area contributed by atoms with E-state index in [0.717, 1.165) is 30.2 Å². The number of carboxylic acid groups (broad SMARTS) is 1. The molecule has 1 aromatic heterocycles. The second kappa shape index (κ2) is 7.40. The van der Waals surface area contributed by atoms with Crippen LogP contribution in [0.4, 0.5) is 0 Å². The van der Waals surface area contributed by atoms with Crippen molar-refractivity contribution >= 4 is 17.3 Å². The topological polar surface area (TPSA) is 53.4 Å². The summed E-state index contributed by atoms with van der Waals surface area (Å²) in [5, 5.41) is 8.79. The molecule has 1 rings (SSSR count). The molecule has 1 N–H and O–H groups in total. The highest BCUT2D eigenvalue weighted by atomic mass is 32.1. The van der Waals surface area contributed by atoms with Gasteiger partial charge in [-0.05, 0) is 19.5 Å². The average Bonchev–Trinajstić information content (AvgIpc) is 2.70. The van der Waals surface area contributed by atoms with Crippen molar-refractivity contribution in [3.8, 4) is 0 Å². The third-order valence-electron chi connectivity index (χ3n) is 2.69. The molecule has 0 unspecified atom stereocenters. The smallest absolute Gasteiger partial charge is 0.309 e. The largest absolute Gasteiger partial charge is 0.481 e. The molecular weight excluding hydrogens is 236 g/mol. The van der Waals surface area contributed by atoms with Gasteiger partial charge < -0.3 is 5.11 Å². The summed E-state index contributed by atoms with van der Waals surface area (Å²) in [6, 6.07) is 0. The quantitative estimate of drug-likeness (QED) is 0.776. The zero-order valence-corrected chi connectivity index (χ0v) is 11.3. The summed E-state index contributed by atoms with van der Waals surface area (Å²) in [6.45, 7) is 7.19. The van der Waals surface area contributed by atoms with E-state index in [2.05, 4.69) is 23.7 Å². The first-order valence-electron chi connectivity index (χ1n) is 6.02. The van der Waals surface area contributed by atoms with E-state index in [1.807, 2.05) is 0 Å². The Hall–Kier alpha value is -0.940. The molecule has 96 valence electrons. The van der Waals surface area contributed by atoms with Gasteiger partial charge in [0, 0.05) is 11.4 Å². The first-order chi connectivity index (χ1) is 8.17. The molecule has 17 heavy (non-hydrogen) atoms. The van der Waals surface area contributed by atoms with Crippen molar-refractivity contribution in [2.45, 2.75) is 39.7 Å². The predicted octanol–water partition coefficient (Wildman–Crippen LogP) is 2.39. The van der Waals surface area contributed by atoms with Gasteiger partial charge in [-0.15, -0.1) is 11.3 Å². The zero-order chi connectivity index (χ0) is 12.7. The molecule has 1 aromatic rings. The van der Waals surface area contributed by atoms with E-state index >= 15 is 0 Å². The molecule has 4 nitrogen and oxygen atoms in total. The van der Waals surface area contributed by atoms with Crippen LogP contribution in [0.2, 0.25) is 0 Å². The van der Waals surface area contributed by atoms with E-state index in [4.69, 9.17) is 5.11 Å². The van der Waals surface area contributed by atoms with Gasteiger partial charge in [-0.3, -0.25) is 9.69 Å². The van der Waals surface area contributed by atoms with E-state index in [9.17, 15) is 4.79 Å². The standard InChI is InChI=1S/C12H20N2O2S/c1-3-5-6-14(4-2)8-11-10(7-12(15)16)13-9-17-11/h9H,3-8H2,1-2H3,(H,15,16). The third kappa shape index (κ3) is 4.83. The second-order valence-electron chi connectivity index (χ2n) is 4.02. The molecule has 0 aliphatic heterocycles. The molecule has 0 atom stereocenters. The Morgan fingerprint density at radius 3 is 2.88 bits per heavy atom. The van der Waals surface area contributed by atoms with Crippen LogP contribution in [-0.4, -0.2) is 34.0 Å². The number of nitrogens with zero attached hydrogens (tertiary/aromatic N) is 2. The van der Waals surface area contributed by atoms with Crippen molar-refractivity contribution in [3.05, 3.63) is 16.1 Å². The lowest BCUT2D eigenvalue weighted by Crippen LogP contribution is -2.24. The highest BCUT2D eigenvalue weighted by molar-refractivity contribution is 7.09. The molecule has 0 spiro atoms. The fourth-order valence-electron chi connectivity index (χ4n) is 1.64. The Bertz CT molecular complexity index is 352.